The minimum atomic E-state index is -2.81. The quantitative estimate of drug-likeness (QED) is 0.192. The number of hydrogen-bond acceptors (Lipinski definition) is 11. The molecule has 0 radical (unpaired) electrons. The molecule has 0 aliphatic carbocycles. The summed E-state index contributed by atoms with van der Waals surface area (Å²) in [4.78, 5) is 24.1. The summed E-state index contributed by atoms with van der Waals surface area (Å²) in [6.45, 7) is 6.45. The monoisotopic (exact) mass is 514 g/mol. The highest BCUT2D eigenvalue weighted by molar-refractivity contribution is 7.41. The lowest BCUT2D eigenvalue weighted by Crippen LogP contribution is -2.47. The molecule has 1 fully saturated rings. The van der Waals surface area contributed by atoms with Gasteiger partial charge in [-0.25, -0.2) is 4.98 Å². The summed E-state index contributed by atoms with van der Waals surface area (Å²) >= 11 is 5.92. The zero-order valence-corrected chi connectivity index (χ0v) is 21.0. The number of fused-ring (bicyclic) bond motifs is 1. The van der Waals surface area contributed by atoms with E-state index >= 15 is 0 Å². The van der Waals surface area contributed by atoms with Gasteiger partial charge in [0.15, 0.2) is 17.1 Å². The summed E-state index contributed by atoms with van der Waals surface area (Å²) in [6, 6.07) is -0.706. The number of nitrogens with two attached hydrogens (primary N) is 1. The average molecular weight is 515 g/mol. The van der Waals surface area contributed by atoms with Crippen molar-refractivity contribution in [2.75, 3.05) is 18.9 Å². The van der Waals surface area contributed by atoms with E-state index in [2.05, 4.69) is 26.2 Å². The van der Waals surface area contributed by atoms with Gasteiger partial charge in [-0.1, -0.05) is 5.92 Å². The Morgan fingerprint density at radius 3 is 2.94 bits per heavy atom. The summed E-state index contributed by atoms with van der Waals surface area (Å²) < 4.78 is 31.1. The molecule has 34 heavy (non-hydrogen) atoms. The van der Waals surface area contributed by atoms with E-state index < -0.39 is 43.3 Å². The molecule has 5 atom stereocenters. The van der Waals surface area contributed by atoms with Crippen molar-refractivity contribution >= 4 is 42.6 Å². The molecule has 0 amide bonds. The summed E-state index contributed by atoms with van der Waals surface area (Å²) in [5.74, 6) is 2.07. The molecule has 1 saturated heterocycles. The molecule has 0 aromatic carbocycles. The Bertz CT molecular complexity index is 1140. The molecule has 0 bridgehead atoms. The first-order valence-electron chi connectivity index (χ1n) is 10.5. The van der Waals surface area contributed by atoms with Crippen molar-refractivity contribution in [2.45, 2.75) is 63.4 Å². The predicted molar refractivity (Wildman–Crippen MR) is 125 cm³/mol. The van der Waals surface area contributed by atoms with E-state index in [1.54, 1.807) is 27.7 Å². The molecule has 12 nitrogen and oxygen atoms in total. The highest BCUT2D eigenvalue weighted by atomic mass is 35.5. The number of halogens is 1. The van der Waals surface area contributed by atoms with Crippen LogP contribution in [0.15, 0.2) is 6.33 Å². The normalized spacial score (nSPS) is 24.6. The molecule has 186 valence electrons. The van der Waals surface area contributed by atoms with E-state index in [4.69, 9.17) is 37.8 Å². The van der Waals surface area contributed by atoms with Crippen LogP contribution in [0.5, 0.6) is 0 Å². The number of carbonyl (C=O) groups is 1. The van der Waals surface area contributed by atoms with Crippen LogP contribution in [0, 0.1) is 12.3 Å². The molecule has 1 aliphatic rings. The summed E-state index contributed by atoms with van der Waals surface area (Å²) in [7, 11) is -2.81. The molecule has 3 heterocycles. The third-order valence-electron chi connectivity index (χ3n) is 5.43. The number of hydrogen-bond donors (Lipinski definition) is 3. The number of aliphatic hydroxyl groups is 1. The van der Waals surface area contributed by atoms with E-state index in [1.165, 1.54) is 10.9 Å². The fraction of sp³-hybridized carbons (Fsp3) is 0.600. The van der Waals surface area contributed by atoms with Crippen LogP contribution in [0.3, 0.4) is 0 Å². The number of aromatic nitrogens is 4. The zero-order chi connectivity index (χ0) is 25.3. The van der Waals surface area contributed by atoms with Gasteiger partial charge in [-0.15, -0.1) is 6.42 Å². The van der Waals surface area contributed by atoms with E-state index in [9.17, 15) is 14.5 Å². The van der Waals surface area contributed by atoms with Crippen LogP contribution < -0.4 is 11.1 Å². The Labute approximate surface area is 202 Å². The van der Waals surface area contributed by atoms with E-state index in [-0.39, 0.29) is 30.7 Å². The summed E-state index contributed by atoms with van der Waals surface area (Å²) in [6.07, 6.45) is 5.33. The minimum Gasteiger partial charge on any atom is -0.465 e. The van der Waals surface area contributed by atoms with Crippen LogP contribution in [0.1, 0.15) is 40.3 Å². The molecule has 2 aromatic rings. The van der Waals surface area contributed by atoms with Crippen LogP contribution in [0.2, 0.25) is 5.28 Å². The number of carbonyl (C=O) groups excluding carboxylic acids is 1. The fourth-order valence-electron chi connectivity index (χ4n) is 3.62. The number of aliphatic hydroxyl groups excluding tert-OH is 1. The average Bonchev–Trinajstić information content (AvgIpc) is 3.33. The van der Waals surface area contributed by atoms with Crippen LogP contribution in [0.25, 0.3) is 11.2 Å². The Hall–Kier alpha value is -2.26. The van der Waals surface area contributed by atoms with Gasteiger partial charge in [0.1, 0.15) is 23.9 Å². The number of esters is 1. The van der Waals surface area contributed by atoms with Gasteiger partial charge in [-0.2, -0.15) is 9.97 Å². The van der Waals surface area contributed by atoms with Gasteiger partial charge < -0.3 is 24.8 Å². The maximum Gasteiger partial charge on any atom is 0.322 e. The van der Waals surface area contributed by atoms with Crippen LogP contribution in [-0.2, 0) is 23.4 Å². The first kappa shape index (κ1) is 26.3. The Kier molecular flexibility index (Phi) is 7.87. The molecule has 0 spiro atoms. The molecule has 1 aliphatic heterocycles. The van der Waals surface area contributed by atoms with E-state index in [1.807, 2.05) is 0 Å². The second-order valence-electron chi connectivity index (χ2n) is 8.38. The number of nitrogens with one attached hydrogen (secondary N) is 1. The highest BCUT2D eigenvalue weighted by Gasteiger charge is 2.49. The fourth-order valence-corrected chi connectivity index (χ4v) is 4.84. The van der Waals surface area contributed by atoms with Crippen molar-refractivity contribution in [2.24, 2.45) is 0 Å². The third kappa shape index (κ3) is 5.20. The van der Waals surface area contributed by atoms with Crippen molar-refractivity contribution in [3.63, 3.8) is 0 Å². The predicted octanol–water partition coefficient (Wildman–Crippen LogP) is 1.48. The van der Waals surface area contributed by atoms with E-state index in [0.717, 1.165) is 0 Å². The molecule has 3 rings (SSSR count). The van der Waals surface area contributed by atoms with Gasteiger partial charge in [0.2, 0.25) is 13.3 Å². The number of terminal acetylenes is 1. The Morgan fingerprint density at radius 1 is 1.59 bits per heavy atom. The van der Waals surface area contributed by atoms with Gasteiger partial charge in [0.25, 0.3) is 0 Å². The van der Waals surface area contributed by atoms with Gasteiger partial charge in [-0.05, 0) is 39.3 Å². The number of imidazole rings is 1. The van der Waals surface area contributed by atoms with Gasteiger partial charge >= 0.3 is 5.97 Å². The molecular formula is C20H28ClN6O6P. The topological polar surface area (TPSA) is 164 Å². The number of nitrogens with zero attached hydrogens (tertiary/aromatic N) is 4. The lowest BCUT2D eigenvalue weighted by atomic mass is 9.99. The zero-order valence-electron chi connectivity index (χ0n) is 19.2. The van der Waals surface area contributed by atoms with Gasteiger partial charge in [0, 0.05) is 6.42 Å². The first-order chi connectivity index (χ1) is 15.9. The highest BCUT2D eigenvalue weighted by Crippen LogP contribution is 2.43. The van der Waals surface area contributed by atoms with Gasteiger partial charge in [-0.3, -0.25) is 19.2 Å². The van der Waals surface area contributed by atoms with Crippen molar-refractivity contribution in [1.82, 2.24) is 24.8 Å². The SMILES string of the molecule is C#C[C@]1(CO[PH](=O)C(C)(C)N[C@@H](C)C(=O)OCC)O[C@@H](n2cnc3c(N)nc(Cl)nc32)C[C@@H]1O. The Morgan fingerprint density at radius 2 is 2.29 bits per heavy atom. The van der Waals surface area contributed by atoms with Crippen molar-refractivity contribution < 1.29 is 28.5 Å². The summed E-state index contributed by atoms with van der Waals surface area (Å²) in [5.41, 5.74) is 4.91. The molecule has 14 heteroatoms. The van der Waals surface area contributed by atoms with Gasteiger partial charge in [0.05, 0.1) is 24.8 Å². The minimum absolute atomic E-state index is 0.0674. The standard InChI is InChI=1S/C20H28ClN6O6P/c1-6-20(9-32-34(30)19(4,5)26-11(3)17(29)31-7-2)12(28)8-13(33-20)27-10-23-14-15(22)24-18(21)25-16(14)27/h1,10-13,26,28,34H,7-9H2,2-5H3,(H2,22,24,25)/t11-,12-,13+,20+/m0/s1. The van der Waals surface area contributed by atoms with E-state index in [0.29, 0.717) is 11.2 Å². The molecule has 1 unspecified atom stereocenters. The first-order valence-corrected chi connectivity index (χ1v) is 12.2. The van der Waals surface area contributed by atoms with Crippen LogP contribution >= 0.6 is 19.6 Å². The second-order valence-corrected chi connectivity index (χ2v) is 10.8. The third-order valence-corrected chi connectivity index (χ3v) is 7.17. The van der Waals surface area contributed by atoms with Crippen LogP contribution in [0.4, 0.5) is 5.82 Å². The number of ether oxygens (including phenoxy) is 2. The lowest BCUT2D eigenvalue weighted by Gasteiger charge is -2.31. The lowest BCUT2D eigenvalue weighted by molar-refractivity contribution is -0.145. The second kappa shape index (κ2) is 10.2. The molecule has 0 saturated carbocycles. The largest absolute Gasteiger partial charge is 0.465 e. The maximum atomic E-state index is 12.9. The molecule has 4 N–H and O–H groups in total. The smallest absolute Gasteiger partial charge is 0.322 e. The van der Waals surface area contributed by atoms with Crippen molar-refractivity contribution in [3.8, 4) is 12.3 Å². The Balaban J connectivity index is 1.73. The van der Waals surface area contributed by atoms with Crippen LogP contribution in [-0.4, -0.2) is 66.8 Å². The van der Waals surface area contributed by atoms with Crippen molar-refractivity contribution in [1.29, 1.82) is 0 Å². The molecular weight excluding hydrogens is 487 g/mol. The number of anilines is 1. The summed E-state index contributed by atoms with van der Waals surface area (Å²) in [5, 5.41) is 12.6. The number of rotatable bonds is 9. The van der Waals surface area contributed by atoms with Crippen molar-refractivity contribution in [3.05, 3.63) is 11.6 Å². The molecule has 2 aromatic heterocycles. The maximum absolute atomic E-state index is 12.9. The number of nitrogen functional groups attached to an aromatic ring is 1.